The second-order valence-corrected chi connectivity index (χ2v) is 10.7. The Hall–Kier alpha value is -0.790. The molecule has 0 aliphatic heterocycles. The normalized spacial score (nSPS) is 12.5. The minimum atomic E-state index is -0.567. The molecule has 0 amide bonds. The first-order valence-electron chi connectivity index (χ1n) is 15.6. The number of hydrogen-bond acceptors (Lipinski definition) is 1. The molecule has 0 rings (SSSR count). The van der Waals surface area contributed by atoms with Crippen molar-refractivity contribution in [1.82, 2.24) is 0 Å². The van der Waals surface area contributed by atoms with Crippen LogP contribution >= 0.6 is 0 Å². The molecule has 1 atom stereocenters. The Morgan fingerprint density at radius 2 is 0.794 bits per heavy atom. The van der Waals surface area contributed by atoms with E-state index in [0.717, 1.165) is 25.7 Å². The molecule has 2 heteroatoms. The van der Waals surface area contributed by atoms with Gasteiger partial charge in [0.2, 0.25) is 0 Å². The summed E-state index contributed by atoms with van der Waals surface area (Å²) in [7, 11) is 0. The average molecular weight is 479 g/mol. The molecule has 34 heavy (non-hydrogen) atoms. The number of allylic oxidation sites excluding steroid dienone is 2. The van der Waals surface area contributed by atoms with Crippen LogP contribution in [0, 0.1) is 5.92 Å². The number of carboxylic acid groups (broad SMARTS) is 1. The molecule has 0 aromatic rings. The Labute approximate surface area is 214 Å². The summed E-state index contributed by atoms with van der Waals surface area (Å²) in [5.74, 6) is -0.675. The lowest BCUT2D eigenvalue weighted by atomic mass is 9.94. The highest BCUT2D eigenvalue weighted by molar-refractivity contribution is 5.69. The van der Waals surface area contributed by atoms with E-state index in [4.69, 9.17) is 0 Å². The van der Waals surface area contributed by atoms with Crippen LogP contribution in [0.5, 0.6) is 0 Å². The summed E-state index contributed by atoms with van der Waals surface area (Å²) < 4.78 is 0. The maximum atomic E-state index is 11.6. The fourth-order valence-corrected chi connectivity index (χ4v) is 4.91. The van der Waals surface area contributed by atoms with Crippen molar-refractivity contribution in [2.45, 2.75) is 181 Å². The fraction of sp³-hybridized carbons (Fsp3) is 0.906. The number of carboxylic acids is 1. The van der Waals surface area contributed by atoms with E-state index in [1.54, 1.807) is 0 Å². The topological polar surface area (TPSA) is 37.3 Å². The SMILES string of the molecule is CCCCCCCC=CCCCCCCCC(CCCCCCCCCCCCCC)C(=O)O. The first-order valence-corrected chi connectivity index (χ1v) is 15.6. The van der Waals surface area contributed by atoms with E-state index < -0.39 is 5.97 Å². The van der Waals surface area contributed by atoms with Gasteiger partial charge in [0.15, 0.2) is 0 Å². The van der Waals surface area contributed by atoms with Gasteiger partial charge in [0.25, 0.3) is 0 Å². The molecule has 1 N–H and O–H groups in total. The highest BCUT2D eigenvalue weighted by Crippen LogP contribution is 2.20. The molecule has 0 aliphatic rings. The van der Waals surface area contributed by atoms with Gasteiger partial charge in [-0.1, -0.05) is 154 Å². The van der Waals surface area contributed by atoms with Crippen LogP contribution in [0.4, 0.5) is 0 Å². The molecule has 0 heterocycles. The van der Waals surface area contributed by atoms with Crippen LogP contribution in [0.3, 0.4) is 0 Å². The van der Waals surface area contributed by atoms with Gasteiger partial charge in [0, 0.05) is 0 Å². The number of rotatable bonds is 28. The molecule has 0 spiro atoms. The van der Waals surface area contributed by atoms with E-state index in [2.05, 4.69) is 26.0 Å². The Balaban J connectivity index is 3.46. The van der Waals surface area contributed by atoms with Crippen LogP contribution in [0.15, 0.2) is 12.2 Å². The molecule has 0 aromatic heterocycles. The molecule has 0 aromatic carbocycles. The average Bonchev–Trinajstić information content (AvgIpc) is 2.83. The summed E-state index contributed by atoms with van der Waals surface area (Å²) in [5.41, 5.74) is 0. The quantitative estimate of drug-likeness (QED) is 0.0896. The number of hydrogen-bond donors (Lipinski definition) is 1. The van der Waals surface area contributed by atoms with Gasteiger partial charge in [-0.25, -0.2) is 0 Å². The zero-order chi connectivity index (χ0) is 25.0. The van der Waals surface area contributed by atoms with Crippen LogP contribution in [0.2, 0.25) is 0 Å². The van der Waals surface area contributed by atoms with Crippen molar-refractivity contribution in [1.29, 1.82) is 0 Å². The summed E-state index contributed by atoms with van der Waals surface area (Å²) in [5, 5.41) is 9.55. The largest absolute Gasteiger partial charge is 0.481 e. The molecule has 0 fully saturated rings. The molecule has 1 unspecified atom stereocenters. The maximum Gasteiger partial charge on any atom is 0.306 e. The van der Waals surface area contributed by atoms with Gasteiger partial charge < -0.3 is 5.11 Å². The van der Waals surface area contributed by atoms with Crippen molar-refractivity contribution in [3.63, 3.8) is 0 Å². The van der Waals surface area contributed by atoms with Gasteiger partial charge in [-0.3, -0.25) is 4.79 Å². The van der Waals surface area contributed by atoms with E-state index >= 15 is 0 Å². The van der Waals surface area contributed by atoms with Crippen LogP contribution in [0.25, 0.3) is 0 Å². The fourth-order valence-electron chi connectivity index (χ4n) is 4.91. The van der Waals surface area contributed by atoms with Crippen molar-refractivity contribution in [2.24, 2.45) is 5.92 Å². The standard InChI is InChI=1S/C32H62O2/c1-3-5-7-9-11-13-15-17-18-20-22-24-26-28-30-31(32(33)34)29-27-25-23-21-19-16-14-12-10-8-6-4-2/h15,17,31H,3-14,16,18-30H2,1-2H3,(H,33,34). The predicted molar refractivity (Wildman–Crippen MR) is 152 cm³/mol. The minimum Gasteiger partial charge on any atom is -0.481 e. The zero-order valence-electron chi connectivity index (χ0n) is 23.5. The van der Waals surface area contributed by atoms with Gasteiger partial charge in [-0.15, -0.1) is 0 Å². The van der Waals surface area contributed by atoms with Crippen LogP contribution in [0.1, 0.15) is 181 Å². The smallest absolute Gasteiger partial charge is 0.306 e. The van der Waals surface area contributed by atoms with Crippen molar-refractivity contribution in [2.75, 3.05) is 0 Å². The van der Waals surface area contributed by atoms with Crippen LogP contribution in [-0.4, -0.2) is 11.1 Å². The van der Waals surface area contributed by atoms with E-state index in [-0.39, 0.29) is 5.92 Å². The van der Waals surface area contributed by atoms with Crippen molar-refractivity contribution in [3.05, 3.63) is 12.2 Å². The Morgan fingerprint density at radius 1 is 0.500 bits per heavy atom. The summed E-state index contributed by atoms with van der Waals surface area (Å²) in [4.78, 5) is 11.6. The number of unbranched alkanes of at least 4 members (excludes halogenated alkanes) is 21. The highest BCUT2D eigenvalue weighted by Gasteiger charge is 2.16. The molecule has 2 nitrogen and oxygen atoms in total. The number of aliphatic carboxylic acids is 1. The summed E-state index contributed by atoms with van der Waals surface area (Å²) in [6.07, 6.45) is 38.0. The third-order valence-electron chi connectivity index (χ3n) is 7.32. The van der Waals surface area contributed by atoms with Crippen LogP contribution in [-0.2, 0) is 4.79 Å². The monoisotopic (exact) mass is 478 g/mol. The molecule has 202 valence electrons. The lowest BCUT2D eigenvalue weighted by molar-refractivity contribution is -0.142. The van der Waals surface area contributed by atoms with Gasteiger partial charge >= 0.3 is 5.97 Å². The highest BCUT2D eigenvalue weighted by atomic mass is 16.4. The number of carbonyl (C=O) groups is 1. The Morgan fingerprint density at radius 3 is 1.12 bits per heavy atom. The Kier molecular flexibility index (Phi) is 27.8. The van der Waals surface area contributed by atoms with Crippen molar-refractivity contribution < 1.29 is 9.90 Å². The van der Waals surface area contributed by atoms with Gasteiger partial charge in [-0.2, -0.15) is 0 Å². The molecule has 0 saturated carbocycles. The summed E-state index contributed by atoms with van der Waals surface area (Å²) >= 11 is 0. The van der Waals surface area contributed by atoms with E-state index in [1.165, 1.54) is 141 Å². The second kappa shape index (κ2) is 28.4. The summed E-state index contributed by atoms with van der Waals surface area (Å²) in [6.45, 7) is 4.54. The molecule has 0 saturated heterocycles. The molecule has 0 aliphatic carbocycles. The van der Waals surface area contributed by atoms with Gasteiger partial charge in [-0.05, 0) is 38.5 Å². The zero-order valence-corrected chi connectivity index (χ0v) is 23.5. The molecular weight excluding hydrogens is 416 g/mol. The lowest BCUT2D eigenvalue weighted by Gasteiger charge is -2.12. The minimum absolute atomic E-state index is 0.108. The van der Waals surface area contributed by atoms with E-state index in [9.17, 15) is 9.90 Å². The third kappa shape index (κ3) is 25.8. The van der Waals surface area contributed by atoms with Crippen LogP contribution < -0.4 is 0 Å². The van der Waals surface area contributed by atoms with Crippen molar-refractivity contribution >= 4 is 5.97 Å². The third-order valence-corrected chi connectivity index (χ3v) is 7.32. The maximum absolute atomic E-state index is 11.6. The molecule has 0 radical (unpaired) electrons. The summed E-state index contributed by atoms with van der Waals surface area (Å²) in [6, 6.07) is 0. The van der Waals surface area contributed by atoms with Gasteiger partial charge in [0.05, 0.1) is 5.92 Å². The van der Waals surface area contributed by atoms with E-state index in [1.807, 2.05) is 0 Å². The Bertz CT molecular complexity index is 429. The first kappa shape index (κ1) is 33.2. The molecular formula is C32H62O2. The van der Waals surface area contributed by atoms with Gasteiger partial charge in [0.1, 0.15) is 0 Å². The first-order chi connectivity index (χ1) is 16.7. The molecule has 0 bridgehead atoms. The predicted octanol–water partition coefficient (Wildman–Crippen LogP) is 11.4. The van der Waals surface area contributed by atoms with Crippen molar-refractivity contribution in [3.8, 4) is 0 Å². The van der Waals surface area contributed by atoms with E-state index in [0.29, 0.717) is 0 Å². The second-order valence-electron chi connectivity index (χ2n) is 10.7. The lowest BCUT2D eigenvalue weighted by Crippen LogP contribution is -2.13.